The molecule has 42 heavy (non-hydrogen) atoms. The third-order valence-electron chi connectivity index (χ3n) is 5.70. The normalized spacial score (nSPS) is 12.9. The molecule has 0 radical (unpaired) electrons. The van der Waals surface area contributed by atoms with Crippen LogP contribution in [0.5, 0.6) is 11.5 Å². The van der Waals surface area contributed by atoms with Gasteiger partial charge in [0.25, 0.3) is 13.5 Å². The second kappa shape index (κ2) is 15.7. The zero-order valence-corrected chi connectivity index (χ0v) is 24.3. The molecule has 0 heterocycles. The molecule has 0 aromatic heterocycles. The van der Waals surface area contributed by atoms with Gasteiger partial charge in [0.1, 0.15) is 22.9 Å². The monoisotopic (exact) mass is 601 g/mol. The molecule has 0 fully saturated rings. The highest BCUT2D eigenvalue weighted by Gasteiger charge is 2.13. The lowest BCUT2D eigenvalue weighted by Gasteiger charge is -2.26. The van der Waals surface area contributed by atoms with Crippen LogP contribution in [0.15, 0.2) is 81.1 Å². The molecule has 0 saturated carbocycles. The van der Waals surface area contributed by atoms with E-state index in [1.807, 2.05) is 17.0 Å². The number of phosphoric ester groups is 1. The third kappa shape index (κ3) is 9.39. The van der Waals surface area contributed by atoms with Gasteiger partial charge in [-0.1, -0.05) is 0 Å². The second-order valence-corrected chi connectivity index (χ2v) is 9.85. The first-order valence-electron chi connectivity index (χ1n) is 12.4. The van der Waals surface area contributed by atoms with Crippen LogP contribution in [0.4, 0.5) is 34.1 Å². The number of ether oxygens (including phenoxy) is 3. The smallest absolute Gasteiger partial charge is 0.269 e. The summed E-state index contributed by atoms with van der Waals surface area (Å²) < 4.78 is 36.7. The van der Waals surface area contributed by atoms with E-state index in [-0.39, 0.29) is 18.8 Å². The number of methoxy groups -OCH3 is 3. The van der Waals surface area contributed by atoms with E-state index < -0.39 is 12.7 Å². The summed E-state index contributed by atoms with van der Waals surface area (Å²) in [6.45, 7) is 1.11. The number of hydrogen-bond donors (Lipinski definition) is 0. The number of phosphoric acid groups is 1. The maximum absolute atomic E-state index is 11.5. The summed E-state index contributed by atoms with van der Waals surface area (Å²) in [5.41, 5.74) is 2.46. The van der Waals surface area contributed by atoms with Crippen molar-refractivity contribution in [2.24, 2.45) is 20.5 Å². The van der Waals surface area contributed by atoms with Crippen molar-refractivity contribution in [1.29, 1.82) is 0 Å². The Morgan fingerprint density at radius 3 is 1.74 bits per heavy atom. The van der Waals surface area contributed by atoms with Crippen LogP contribution in [0.2, 0.25) is 0 Å². The highest BCUT2D eigenvalue weighted by Crippen LogP contribution is 2.41. The van der Waals surface area contributed by atoms with Crippen molar-refractivity contribution in [3.05, 3.63) is 70.8 Å². The van der Waals surface area contributed by atoms with E-state index in [4.69, 9.17) is 18.7 Å². The van der Waals surface area contributed by atoms with Crippen LogP contribution in [0.3, 0.4) is 0 Å². The van der Waals surface area contributed by atoms with Crippen LogP contribution in [0.1, 0.15) is 0 Å². The standard InChI is InChI=1S/C26H31N6O9P/c1-37-15-13-31(14-16-41-42(35,36)40-4)21-9-5-19(6-10-21)27-29-23-17-26(39-3)24(18-25(23)38-2)30-28-20-7-11-22(12-8-20)32(33)34/h5-12,17-18H,13-16H2,1-4H3,(H,35,36)/p-1. The largest absolute Gasteiger partial charge is 0.756 e. The Hall–Kier alpha value is -4.27. The van der Waals surface area contributed by atoms with Crippen LogP contribution >= 0.6 is 7.82 Å². The lowest BCUT2D eigenvalue weighted by molar-refractivity contribution is -0.384. The Morgan fingerprint density at radius 1 is 0.786 bits per heavy atom. The molecule has 16 heteroatoms. The molecule has 3 aromatic carbocycles. The number of nitrogens with zero attached hydrogens (tertiary/aromatic N) is 6. The Bertz CT molecular complexity index is 1440. The van der Waals surface area contributed by atoms with E-state index in [0.29, 0.717) is 47.4 Å². The molecule has 3 aromatic rings. The summed E-state index contributed by atoms with van der Waals surface area (Å²) in [6.07, 6.45) is 0. The molecule has 0 amide bonds. The highest BCUT2D eigenvalue weighted by molar-refractivity contribution is 7.45. The molecule has 0 saturated heterocycles. The van der Waals surface area contributed by atoms with E-state index in [0.717, 1.165) is 12.8 Å². The van der Waals surface area contributed by atoms with Crippen molar-refractivity contribution >= 4 is 41.9 Å². The zero-order valence-electron chi connectivity index (χ0n) is 23.4. The summed E-state index contributed by atoms with van der Waals surface area (Å²) in [4.78, 5) is 23.7. The molecule has 1 unspecified atom stereocenters. The van der Waals surface area contributed by atoms with Crippen molar-refractivity contribution in [1.82, 2.24) is 0 Å². The lowest BCUT2D eigenvalue weighted by Crippen LogP contribution is -2.31. The predicted octanol–water partition coefficient (Wildman–Crippen LogP) is 6.03. The number of azo groups is 2. The number of rotatable bonds is 16. The van der Waals surface area contributed by atoms with Crippen molar-refractivity contribution in [2.45, 2.75) is 0 Å². The molecule has 15 nitrogen and oxygen atoms in total. The minimum atomic E-state index is -4.32. The van der Waals surface area contributed by atoms with Gasteiger partial charge in [-0.25, -0.2) is 0 Å². The summed E-state index contributed by atoms with van der Waals surface area (Å²) in [5.74, 6) is 0.726. The number of nitro benzene ring substituents is 1. The van der Waals surface area contributed by atoms with Crippen molar-refractivity contribution in [3.8, 4) is 11.5 Å². The van der Waals surface area contributed by atoms with Gasteiger partial charge in [-0.3, -0.25) is 14.7 Å². The summed E-state index contributed by atoms with van der Waals surface area (Å²) in [5, 5.41) is 27.7. The second-order valence-electron chi connectivity index (χ2n) is 8.33. The molecule has 1 atom stereocenters. The number of non-ortho nitro benzene ring substituents is 1. The summed E-state index contributed by atoms with van der Waals surface area (Å²) in [7, 11) is 1.24. The van der Waals surface area contributed by atoms with Gasteiger partial charge in [0.05, 0.1) is 43.7 Å². The third-order valence-corrected chi connectivity index (χ3v) is 6.65. The number of nitro groups is 1. The minimum Gasteiger partial charge on any atom is -0.756 e. The topological polar surface area (TPSA) is 182 Å². The Labute approximate surface area is 242 Å². The first-order valence-corrected chi connectivity index (χ1v) is 13.8. The first-order chi connectivity index (χ1) is 20.2. The fraction of sp³-hybridized carbons (Fsp3) is 0.308. The minimum absolute atomic E-state index is 0.0496. The van der Waals surface area contributed by atoms with Gasteiger partial charge in [0.2, 0.25) is 0 Å². The maximum Gasteiger partial charge on any atom is 0.269 e. The van der Waals surface area contributed by atoms with Crippen LogP contribution in [0.25, 0.3) is 0 Å². The predicted molar refractivity (Wildman–Crippen MR) is 152 cm³/mol. The van der Waals surface area contributed by atoms with Crippen LogP contribution < -0.4 is 19.3 Å². The van der Waals surface area contributed by atoms with Crippen LogP contribution in [-0.2, 0) is 18.3 Å². The van der Waals surface area contributed by atoms with Gasteiger partial charge in [-0.2, -0.15) is 10.2 Å². The fourth-order valence-electron chi connectivity index (χ4n) is 3.50. The van der Waals surface area contributed by atoms with Crippen LogP contribution in [-0.4, -0.2) is 59.7 Å². The van der Waals surface area contributed by atoms with Crippen LogP contribution in [0, 0.1) is 10.1 Å². The average Bonchev–Trinajstić information content (AvgIpc) is 3.00. The molecule has 224 valence electrons. The molecular formula is C26H30N6O9P-. The Kier molecular flexibility index (Phi) is 12.0. The maximum atomic E-state index is 11.5. The fourth-order valence-corrected chi connectivity index (χ4v) is 3.91. The molecule has 0 N–H and O–H groups in total. The number of hydrogen-bond acceptors (Lipinski definition) is 14. The highest BCUT2D eigenvalue weighted by atomic mass is 31.2. The van der Waals surface area contributed by atoms with E-state index in [1.165, 1.54) is 38.5 Å². The zero-order chi connectivity index (χ0) is 30.5. The SMILES string of the molecule is COCCN(CCOP(=O)([O-])OC)c1ccc(N=Nc2cc(OC)c(N=Nc3ccc([N+](=O)[O-])cc3)cc2OC)cc1. The van der Waals surface area contributed by atoms with Gasteiger partial charge in [0, 0.05) is 57.3 Å². The molecule has 0 aliphatic carbocycles. The average molecular weight is 602 g/mol. The Morgan fingerprint density at radius 2 is 1.29 bits per heavy atom. The van der Waals surface area contributed by atoms with Gasteiger partial charge < -0.3 is 33.1 Å². The quantitative estimate of drug-likeness (QED) is 0.0813. The van der Waals surface area contributed by atoms with E-state index >= 15 is 0 Å². The van der Waals surface area contributed by atoms with Gasteiger partial charge >= 0.3 is 0 Å². The lowest BCUT2D eigenvalue weighted by atomic mass is 10.2. The van der Waals surface area contributed by atoms with Crippen molar-refractivity contribution < 1.29 is 37.6 Å². The molecule has 0 bridgehead atoms. The van der Waals surface area contributed by atoms with E-state index in [2.05, 4.69) is 25.0 Å². The first kappa shape index (κ1) is 32.2. The number of benzene rings is 3. The molecular weight excluding hydrogens is 571 g/mol. The molecule has 0 aliphatic rings. The van der Waals surface area contributed by atoms with Gasteiger partial charge in [-0.05, 0) is 36.4 Å². The van der Waals surface area contributed by atoms with E-state index in [9.17, 15) is 19.6 Å². The number of anilines is 1. The molecule has 0 spiro atoms. The molecule has 0 aliphatic heterocycles. The molecule has 3 rings (SSSR count). The van der Waals surface area contributed by atoms with Crippen molar-refractivity contribution in [2.75, 3.05) is 59.6 Å². The van der Waals surface area contributed by atoms with Gasteiger partial charge in [0.15, 0.2) is 0 Å². The van der Waals surface area contributed by atoms with Gasteiger partial charge in [-0.15, -0.1) is 10.2 Å². The van der Waals surface area contributed by atoms with Crippen molar-refractivity contribution in [3.63, 3.8) is 0 Å². The Balaban J connectivity index is 1.76. The summed E-state index contributed by atoms with van der Waals surface area (Å²) >= 11 is 0. The van der Waals surface area contributed by atoms with E-state index in [1.54, 1.807) is 31.4 Å². The summed E-state index contributed by atoms with van der Waals surface area (Å²) in [6, 6.07) is 16.0.